The fraction of sp³-hybridized carbons (Fsp3) is 0.238. The summed E-state index contributed by atoms with van der Waals surface area (Å²) in [6, 6.07) is 17.0. The smallest absolute Gasteiger partial charge is 0.143 e. The first-order chi connectivity index (χ1) is 12.8. The SMILES string of the molecule is N#Cc1c(F)cccc1NC1CCCc2c1cnn2Cc1ccccc1. The van der Waals surface area contributed by atoms with Crippen LogP contribution >= 0.6 is 0 Å². The highest BCUT2D eigenvalue weighted by molar-refractivity contribution is 5.59. The molecule has 0 spiro atoms. The largest absolute Gasteiger partial charge is 0.377 e. The first-order valence-electron chi connectivity index (χ1n) is 8.80. The molecule has 0 amide bonds. The van der Waals surface area contributed by atoms with E-state index in [1.54, 1.807) is 12.1 Å². The molecule has 0 radical (unpaired) electrons. The first-order valence-corrected chi connectivity index (χ1v) is 8.80. The Morgan fingerprint density at radius 1 is 1.19 bits per heavy atom. The molecule has 4 rings (SSSR count). The van der Waals surface area contributed by atoms with Crippen LogP contribution in [0.5, 0.6) is 0 Å². The number of hydrogen-bond donors (Lipinski definition) is 1. The molecule has 0 bridgehead atoms. The van der Waals surface area contributed by atoms with Crippen LogP contribution in [0.1, 0.15) is 41.3 Å². The van der Waals surface area contributed by atoms with Crippen molar-refractivity contribution in [2.75, 3.05) is 5.32 Å². The maximum Gasteiger partial charge on any atom is 0.143 e. The lowest BCUT2D eigenvalue weighted by Crippen LogP contribution is -2.19. The second-order valence-electron chi connectivity index (χ2n) is 6.55. The third-order valence-electron chi connectivity index (χ3n) is 4.89. The normalized spacial score (nSPS) is 15.9. The van der Waals surface area contributed by atoms with Crippen LogP contribution in [-0.4, -0.2) is 9.78 Å². The van der Waals surface area contributed by atoms with Crippen molar-refractivity contribution in [3.05, 3.63) is 82.9 Å². The van der Waals surface area contributed by atoms with Crippen LogP contribution in [0.4, 0.5) is 10.1 Å². The average molecular weight is 346 g/mol. The Balaban J connectivity index is 1.61. The van der Waals surface area contributed by atoms with Crippen molar-refractivity contribution >= 4 is 5.69 Å². The highest BCUT2D eigenvalue weighted by Crippen LogP contribution is 2.34. The van der Waals surface area contributed by atoms with Gasteiger partial charge in [-0.1, -0.05) is 36.4 Å². The summed E-state index contributed by atoms with van der Waals surface area (Å²) in [6.07, 6.45) is 4.85. The minimum Gasteiger partial charge on any atom is -0.377 e. The number of aromatic nitrogens is 2. The van der Waals surface area contributed by atoms with Gasteiger partial charge >= 0.3 is 0 Å². The minimum atomic E-state index is -0.492. The van der Waals surface area contributed by atoms with Crippen LogP contribution < -0.4 is 5.32 Å². The number of nitrogens with one attached hydrogen (secondary N) is 1. The summed E-state index contributed by atoms with van der Waals surface area (Å²) >= 11 is 0. The van der Waals surface area contributed by atoms with Crippen LogP contribution in [-0.2, 0) is 13.0 Å². The molecule has 26 heavy (non-hydrogen) atoms. The molecule has 3 aromatic rings. The predicted octanol–water partition coefficient (Wildman–Crippen LogP) is 4.43. The van der Waals surface area contributed by atoms with Gasteiger partial charge in [-0.3, -0.25) is 4.68 Å². The van der Waals surface area contributed by atoms with Gasteiger partial charge in [-0.25, -0.2) is 4.39 Å². The van der Waals surface area contributed by atoms with Gasteiger partial charge in [0.2, 0.25) is 0 Å². The Morgan fingerprint density at radius 2 is 2.04 bits per heavy atom. The zero-order valence-electron chi connectivity index (χ0n) is 14.3. The lowest BCUT2D eigenvalue weighted by atomic mass is 9.92. The van der Waals surface area contributed by atoms with Crippen LogP contribution in [0, 0.1) is 17.1 Å². The van der Waals surface area contributed by atoms with Crippen LogP contribution in [0.3, 0.4) is 0 Å². The maximum atomic E-state index is 13.9. The van der Waals surface area contributed by atoms with E-state index in [4.69, 9.17) is 0 Å². The second-order valence-corrected chi connectivity index (χ2v) is 6.55. The molecule has 1 aliphatic rings. The molecule has 4 nitrogen and oxygen atoms in total. The van der Waals surface area contributed by atoms with Gasteiger partial charge in [-0.15, -0.1) is 0 Å². The van der Waals surface area contributed by atoms with Crippen molar-refractivity contribution < 1.29 is 4.39 Å². The highest BCUT2D eigenvalue weighted by atomic mass is 19.1. The number of anilines is 1. The Labute approximate surface area is 151 Å². The predicted molar refractivity (Wildman–Crippen MR) is 98.2 cm³/mol. The quantitative estimate of drug-likeness (QED) is 0.760. The standard InChI is InChI=1S/C21H19FN4/c22-18-8-4-9-19(16(18)12-23)25-20-10-5-11-21-17(20)13-24-26(21)14-15-6-2-1-3-7-15/h1-4,6-9,13,20,25H,5,10-11,14H2. The number of halogens is 1. The van der Waals surface area contributed by atoms with Crippen LogP contribution in [0.25, 0.3) is 0 Å². The number of nitrogens with zero attached hydrogens (tertiary/aromatic N) is 3. The van der Waals surface area contributed by atoms with E-state index in [-0.39, 0.29) is 11.6 Å². The lowest BCUT2D eigenvalue weighted by molar-refractivity contribution is 0.556. The Kier molecular flexibility index (Phi) is 4.40. The third kappa shape index (κ3) is 3.06. The molecule has 1 aromatic heterocycles. The summed E-state index contributed by atoms with van der Waals surface area (Å²) in [5.74, 6) is -0.492. The van der Waals surface area contributed by atoms with Crippen molar-refractivity contribution in [1.82, 2.24) is 9.78 Å². The molecule has 5 heteroatoms. The Bertz CT molecular complexity index is 956. The van der Waals surface area contributed by atoms with Gasteiger partial charge < -0.3 is 5.32 Å². The van der Waals surface area contributed by atoms with Crippen molar-refractivity contribution in [1.29, 1.82) is 5.26 Å². The molecule has 0 aliphatic heterocycles. The Morgan fingerprint density at radius 3 is 2.85 bits per heavy atom. The van der Waals surface area contributed by atoms with Gasteiger partial charge in [-0.05, 0) is 37.0 Å². The number of benzene rings is 2. The molecule has 0 saturated carbocycles. The van der Waals surface area contributed by atoms with Crippen molar-refractivity contribution in [2.24, 2.45) is 0 Å². The zero-order valence-corrected chi connectivity index (χ0v) is 14.3. The van der Waals surface area contributed by atoms with Crippen molar-refractivity contribution in [3.8, 4) is 6.07 Å². The molecule has 2 aromatic carbocycles. The maximum absolute atomic E-state index is 13.9. The lowest BCUT2D eigenvalue weighted by Gasteiger charge is -2.25. The van der Waals surface area contributed by atoms with Gasteiger partial charge in [0.1, 0.15) is 17.4 Å². The van der Waals surface area contributed by atoms with E-state index in [1.165, 1.54) is 17.3 Å². The van der Waals surface area contributed by atoms with Gasteiger partial charge in [-0.2, -0.15) is 10.4 Å². The first kappa shape index (κ1) is 16.3. The van der Waals surface area contributed by atoms with E-state index in [1.807, 2.05) is 30.5 Å². The number of rotatable bonds is 4. The van der Waals surface area contributed by atoms with Gasteiger partial charge in [0.15, 0.2) is 0 Å². The monoisotopic (exact) mass is 346 g/mol. The molecule has 1 heterocycles. The molecule has 1 atom stereocenters. The fourth-order valence-electron chi connectivity index (χ4n) is 3.61. The molecule has 130 valence electrons. The van der Waals surface area contributed by atoms with E-state index < -0.39 is 5.82 Å². The van der Waals surface area contributed by atoms with E-state index in [0.29, 0.717) is 5.69 Å². The molecule has 0 fully saturated rings. The van der Waals surface area contributed by atoms with Crippen LogP contribution in [0.2, 0.25) is 0 Å². The third-order valence-corrected chi connectivity index (χ3v) is 4.89. The topological polar surface area (TPSA) is 53.6 Å². The summed E-state index contributed by atoms with van der Waals surface area (Å²) in [5.41, 5.74) is 4.18. The molecule has 1 aliphatic carbocycles. The fourth-order valence-corrected chi connectivity index (χ4v) is 3.61. The molecular formula is C21H19FN4. The van der Waals surface area contributed by atoms with E-state index in [9.17, 15) is 9.65 Å². The molecule has 1 unspecified atom stereocenters. The number of hydrogen-bond acceptors (Lipinski definition) is 3. The number of nitriles is 1. The molecule has 0 saturated heterocycles. The summed E-state index contributed by atoms with van der Waals surface area (Å²) in [5, 5.41) is 17.2. The van der Waals surface area contributed by atoms with Gasteiger partial charge in [0.25, 0.3) is 0 Å². The van der Waals surface area contributed by atoms with Crippen molar-refractivity contribution in [2.45, 2.75) is 31.8 Å². The van der Waals surface area contributed by atoms with E-state index in [2.05, 4.69) is 27.2 Å². The van der Waals surface area contributed by atoms with E-state index >= 15 is 0 Å². The summed E-state index contributed by atoms with van der Waals surface area (Å²) in [4.78, 5) is 0. The summed E-state index contributed by atoms with van der Waals surface area (Å²) in [6.45, 7) is 0.742. The minimum absolute atomic E-state index is 0.0390. The summed E-state index contributed by atoms with van der Waals surface area (Å²) in [7, 11) is 0. The molecule has 1 N–H and O–H groups in total. The molecular weight excluding hydrogens is 327 g/mol. The van der Waals surface area contributed by atoms with E-state index in [0.717, 1.165) is 31.4 Å². The van der Waals surface area contributed by atoms with Gasteiger partial charge in [0, 0.05) is 11.3 Å². The highest BCUT2D eigenvalue weighted by Gasteiger charge is 2.25. The van der Waals surface area contributed by atoms with Crippen molar-refractivity contribution in [3.63, 3.8) is 0 Å². The zero-order chi connectivity index (χ0) is 17.9. The number of fused-ring (bicyclic) bond motifs is 1. The van der Waals surface area contributed by atoms with Crippen LogP contribution in [0.15, 0.2) is 54.7 Å². The second kappa shape index (κ2) is 7.01. The van der Waals surface area contributed by atoms with Gasteiger partial charge in [0.05, 0.1) is 24.5 Å². The summed E-state index contributed by atoms with van der Waals surface area (Å²) < 4.78 is 15.9. The average Bonchev–Trinajstić information content (AvgIpc) is 3.07. The Hall–Kier alpha value is -3.13.